The molecule has 100 valence electrons. The zero-order chi connectivity index (χ0) is 13.5. The molecule has 1 aromatic rings. The maximum absolute atomic E-state index is 11.6. The molecule has 0 saturated heterocycles. The molecule has 0 aromatic heterocycles. The van der Waals surface area contributed by atoms with E-state index >= 15 is 0 Å². The van der Waals surface area contributed by atoms with Crippen molar-refractivity contribution in [1.82, 2.24) is 5.32 Å². The first-order chi connectivity index (χ1) is 8.54. The largest absolute Gasteiger partial charge is 0.383 e. The Hall–Kier alpha value is -0.970. The minimum atomic E-state index is -0.143. The molecule has 18 heavy (non-hydrogen) atoms. The number of methoxy groups -OCH3 is 1. The Balaban J connectivity index is 2.48. The summed E-state index contributed by atoms with van der Waals surface area (Å²) in [7, 11) is 1.59. The van der Waals surface area contributed by atoms with Crippen LogP contribution in [-0.2, 0) is 9.53 Å². The SMILES string of the molecule is COCC(C)NC(=O)CNc1c(Cl)cccc1Cl. The molecule has 6 heteroatoms. The molecule has 1 rings (SSSR count). The van der Waals surface area contributed by atoms with Gasteiger partial charge in [-0.2, -0.15) is 0 Å². The van der Waals surface area contributed by atoms with Crippen LogP contribution in [0.2, 0.25) is 10.0 Å². The number of nitrogens with one attached hydrogen (secondary N) is 2. The lowest BCUT2D eigenvalue weighted by atomic mass is 10.3. The summed E-state index contributed by atoms with van der Waals surface area (Å²) in [5.74, 6) is -0.143. The number of benzene rings is 1. The number of carbonyl (C=O) groups excluding carboxylic acids is 1. The number of rotatable bonds is 6. The maximum atomic E-state index is 11.6. The average molecular weight is 291 g/mol. The quantitative estimate of drug-likeness (QED) is 0.847. The fraction of sp³-hybridized carbons (Fsp3) is 0.417. The molecule has 1 aromatic carbocycles. The first-order valence-electron chi connectivity index (χ1n) is 5.50. The van der Waals surface area contributed by atoms with E-state index in [1.165, 1.54) is 0 Å². The molecule has 0 spiro atoms. The summed E-state index contributed by atoms with van der Waals surface area (Å²) in [6.07, 6.45) is 0. The Labute approximate surface area is 117 Å². The van der Waals surface area contributed by atoms with Crippen LogP contribution >= 0.6 is 23.2 Å². The van der Waals surface area contributed by atoms with Crippen molar-refractivity contribution in [3.05, 3.63) is 28.2 Å². The van der Waals surface area contributed by atoms with E-state index in [1.54, 1.807) is 25.3 Å². The van der Waals surface area contributed by atoms with Crippen molar-refractivity contribution in [1.29, 1.82) is 0 Å². The van der Waals surface area contributed by atoms with Gasteiger partial charge in [-0.3, -0.25) is 4.79 Å². The Morgan fingerprint density at radius 1 is 1.39 bits per heavy atom. The maximum Gasteiger partial charge on any atom is 0.239 e. The number of carbonyl (C=O) groups is 1. The summed E-state index contributed by atoms with van der Waals surface area (Å²) >= 11 is 11.9. The highest BCUT2D eigenvalue weighted by molar-refractivity contribution is 6.39. The first kappa shape index (κ1) is 15.1. The zero-order valence-electron chi connectivity index (χ0n) is 10.3. The number of ether oxygens (including phenoxy) is 1. The van der Waals surface area contributed by atoms with Gasteiger partial charge in [-0.25, -0.2) is 0 Å². The van der Waals surface area contributed by atoms with Crippen molar-refractivity contribution in [2.45, 2.75) is 13.0 Å². The Morgan fingerprint density at radius 3 is 2.56 bits per heavy atom. The van der Waals surface area contributed by atoms with E-state index in [9.17, 15) is 4.79 Å². The summed E-state index contributed by atoms with van der Waals surface area (Å²) in [5.41, 5.74) is 0.565. The van der Waals surface area contributed by atoms with Gasteiger partial charge in [-0.05, 0) is 19.1 Å². The zero-order valence-corrected chi connectivity index (χ0v) is 11.8. The summed E-state index contributed by atoms with van der Waals surface area (Å²) < 4.78 is 4.93. The van der Waals surface area contributed by atoms with E-state index in [1.807, 2.05) is 6.92 Å². The number of halogens is 2. The third-order valence-electron chi connectivity index (χ3n) is 2.21. The summed E-state index contributed by atoms with van der Waals surface area (Å²) in [6, 6.07) is 5.13. The van der Waals surface area contributed by atoms with E-state index in [4.69, 9.17) is 27.9 Å². The van der Waals surface area contributed by atoms with Crippen LogP contribution < -0.4 is 10.6 Å². The lowest BCUT2D eigenvalue weighted by Gasteiger charge is -2.14. The van der Waals surface area contributed by atoms with Crippen LogP contribution in [0.5, 0.6) is 0 Å². The second kappa shape index (κ2) is 7.46. The topological polar surface area (TPSA) is 50.4 Å². The predicted octanol–water partition coefficient (Wildman–Crippen LogP) is 2.56. The number of hydrogen-bond acceptors (Lipinski definition) is 3. The minimum Gasteiger partial charge on any atom is -0.383 e. The van der Waals surface area contributed by atoms with Gasteiger partial charge < -0.3 is 15.4 Å². The van der Waals surface area contributed by atoms with Crippen LogP contribution in [0.15, 0.2) is 18.2 Å². The summed E-state index contributed by atoms with van der Waals surface area (Å²) in [4.78, 5) is 11.6. The summed E-state index contributed by atoms with van der Waals surface area (Å²) in [6.45, 7) is 2.44. The molecule has 0 saturated carbocycles. The highest BCUT2D eigenvalue weighted by Crippen LogP contribution is 2.29. The fourth-order valence-corrected chi connectivity index (χ4v) is 1.98. The number of para-hydroxylation sites is 1. The third kappa shape index (κ3) is 4.72. The molecule has 4 nitrogen and oxygen atoms in total. The Kier molecular flexibility index (Phi) is 6.25. The van der Waals surface area contributed by atoms with Gasteiger partial charge in [-0.1, -0.05) is 29.3 Å². The normalized spacial score (nSPS) is 12.0. The van der Waals surface area contributed by atoms with Crippen molar-refractivity contribution in [3.8, 4) is 0 Å². The predicted molar refractivity (Wildman–Crippen MR) is 74.4 cm³/mol. The lowest BCUT2D eigenvalue weighted by molar-refractivity contribution is -0.120. The van der Waals surface area contributed by atoms with Gasteiger partial charge in [0.25, 0.3) is 0 Å². The molecule has 2 N–H and O–H groups in total. The second-order valence-electron chi connectivity index (χ2n) is 3.87. The second-order valence-corrected chi connectivity index (χ2v) is 4.69. The molecule has 0 fully saturated rings. The molecule has 0 radical (unpaired) electrons. The van der Waals surface area contributed by atoms with Gasteiger partial charge in [0, 0.05) is 13.2 Å². The van der Waals surface area contributed by atoms with Gasteiger partial charge >= 0.3 is 0 Å². The smallest absolute Gasteiger partial charge is 0.239 e. The molecule has 0 aliphatic carbocycles. The van der Waals surface area contributed by atoms with Gasteiger partial charge in [-0.15, -0.1) is 0 Å². The number of amides is 1. The minimum absolute atomic E-state index is 0.0361. The van der Waals surface area contributed by atoms with Crippen molar-refractivity contribution in [2.75, 3.05) is 25.6 Å². The molecule has 0 aliphatic heterocycles. The van der Waals surface area contributed by atoms with E-state index in [0.717, 1.165) is 0 Å². The first-order valence-corrected chi connectivity index (χ1v) is 6.26. The highest BCUT2D eigenvalue weighted by Gasteiger charge is 2.09. The molecular weight excluding hydrogens is 275 g/mol. The molecule has 1 unspecified atom stereocenters. The Bertz CT molecular complexity index is 393. The van der Waals surface area contributed by atoms with Gasteiger partial charge in [0.1, 0.15) is 0 Å². The number of hydrogen-bond donors (Lipinski definition) is 2. The van der Waals surface area contributed by atoms with Gasteiger partial charge in [0.05, 0.1) is 28.9 Å². The van der Waals surface area contributed by atoms with E-state index < -0.39 is 0 Å². The summed E-state index contributed by atoms with van der Waals surface area (Å²) in [5, 5.41) is 6.66. The monoisotopic (exact) mass is 290 g/mol. The third-order valence-corrected chi connectivity index (χ3v) is 2.84. The van der Waals surface area contributed by atoms with Crippen LogP contribution in [-0.4, -0.2) is 32.2 Å². The number of anilines is 1. The molecule has 0 heterocycles. The molecular formula is C12H16Cl2N2O2. The van der Waals surface area contributed by atoms with Crippen molar-refractivity contribution in [2.24, 2.45) is 0 Å². The van der Waals surface area contributed by atoms with E-state index in [0.29, 0.717) is 22.3 Å². The van der Waals surface area contributed by atoms with Crippen LogP contribution in [0.4, 0.5) is 5.69 Å². The van der Waals surface area contributed by atoms with Crippen molar-refractivity contribution < 1.29 is 9.53 Å². The van der Waals surface area contributed by atoms with Crippen molar-refractivity contribution in [3.63, 3.8) is 0 Å². The van der Waals surface area contributed by atoms with Gasteiger partial charge in [0.2, 0.25) is 5.91 Å². The highest BCUT2D eigenvalue weighted by atomic mass is 35.5. The van der Waals surface area contributed by atoms with Gasteiger partial charge in [0.15, 0.2) is 0 Å². The fourth-order valence-electron chi connectivity index (χ4n) is 1.45. The lowest BCUT2D eigenvalue weighted by Crippen LogP contribution is -2.39. The van der Waals surface area contributed by atoms with E-state index in [-0.39, 0.29) is 18.5 Å². The molecule has 1 atom stereocenters. The van der Waals surface area contributed by atoms with Crippen LogP contribution in [0.1, 0.15) is 6.92 Å². The molecule has 1 amide bonds. The average Bonchev–Trinajstić information content (AvgIpc) is 2.28. The Morgan fingerprint density at radius 2 is 2.00 bits per heavy atom. The standard InChI is InChI=1S/C12H16Cl2N2O2/c1-8(7-18-2)16-11(17)6-15-12-9(13)4-3-5-10(12)14/h3-5,8,15H,6-7H2,1-2H3,(H,16,17). The van der Waals surface area contributed by atoms with Crippen LogP contribution in [0.3, 0.4) is 0 Å². The van der Waals surface area contributed by atoms with Crippen LogP contribution in [0.25, 0.3) is 0 Å². The van der Waals surface area contributed by atoms with Crippen molar-refractivity contribution >= 4 is 34.8 Å². The molecule has 0 aliphatic rings. The van der Waals surface area contributed by atoms with Crippen LogP contribution in [0, 0.1) is 0 Å². The molecule has 0 bridgehead atoms. The van der Waals surface area contributed by atoms with E-state index in [2.05, 4.69) is 10.6 Å².